The molecule has 28 heavy (non-hydrogen) atoms. The average molecular weight is 397 g/mol. The predicted octanol–water partition coefficient (Wildman–Crippen LogP) is 3.39. The second kappa shape index (κ2) is 7.92. The fourth-order valence-corrected chi connectivity index (χ4v) is 2.71. The number of carbonyl (C=O) groups excluding carboxylic acids is 1. The summed E-state index contributed by atoms with van der Waals surface area (Å²) in [5, 5.41) is 16.3. The first-order chi connectivity index (χ1) is 13.3. The SMILES string of the molecule is Cc1cc(C)nc(NC(=S)NC(=O)c2ccc(-c3ccccc3[N+](=O)[O-])o2)n1. The first-order valence-corrected chi connectivity index (χ1v) is 8.52. The number of nitro benzene ring substituents is 1. The summed E-state index contributed by atoms with van der Waals surface area (Å²) >= 11 is 5.10. The van der Waals surface area contributed by atoms with Crippen molar-refractivity contribution < 1.29 is 14.1 Å². The van der Waals surface area contributed by atoms with Crippen LogP contribution in [0.3, 0.4) is 0 Å². The number of hydrogen-bond acceptors (Lipinski definition) is 7. The molecular weight excluding hydrogens is 382 g/mol. The van der Waals surface area contributed by atoms with Crippen LogP contribution >= 0.6 is 12.2 Å². The number of nitrogens with zero attached hydrogens (tertiary/aromatic N) is 3. The van der Waals surface area contributed by atoms with Crippen LogP contribution in [0.2, 0.25) is 0 Å². The molecule has 2 aromatic heterocycles. The van der Waals surface area contributed by atoms with Gasteiger partial charge in [-0.25, -0.2) is 9.97 Å². The molecular formula is C18H15N5O4S. The molecule has 3 aromatic rings. The van der Waals surface area contributed by atoms with E-state index in [1.807, 2.05) is 13.8 Å². The highest BCUT2D eigenvalue weighted by atomic mass is 32.1. The second-order valence-corrected chi connectivity index (χ2v) is 6.23. The molecule has 0 bridgehead atoms. The summed E-state index contributed by atoms with van der Waals surface area (Å²) in [6.45, 7) is 3.63. The summed E-state index contributed by atoms with van der Waals surface area (Å²) in [6.07, 6.45) is 0. The average Bonchev–Trinajstić information content (AvgIpc) is 3.10. The van der Waals surface area contributed by atoms with E-state index in [9.17, 15) is 14.9 Å². The lowest BCUT2D eigenvalue weighted by Gasteiger charge is -2.08. The van der Waals surface area contributed by atoms with Crippen LogP contribution in [0.25, 0.3) is 11.3 Å². The zero-order chi connectivity index (χ0) is 20.3. The third-order valence-corrected chi connectivity index (χ3v) is 3.83. The molecule has 1 aromatic carbocycles. The zero-order valence-electron chi connectivity index (χ0n) is 14.9. The minimum Gasteiger partial charge on any atom is -0.451 e. The normalized spacial score (nSPS) is 10.4. The molecule has 0 aliphatic carbocycles. The Morgan fingerprint density at radius 3 is 2.50 bits per heavy atom. The van der Waals surface area contributed by atoms with E-state index in [0.29, 0.717) is 0 Å². The summed E-state index contributed by atoms with van der Waals surface area (Å²) in [5.41, 5.74) is 1.66. The quantitative estimate of drug-likeness (QED) is 0.390. The van der Waals surface area contributed by atoms with Gasteiger partial charge in [0, 0.05) is 17.5 Å². The maximum Gasteiger partial charge on any atom is 0.293 e. The highest BCUT2D eigenvalue weighted by molar-refractivity contribution is 7.80. The number of para-hydroxylation sites is 1. The summed E-state index contributed by atoms with van der Waals surface area (Å²) in [4.78, 5) is 31.3. The minimum absolute atomic E-state index is 0.00126. The summed E-state index contributed by atoms with van der Waals surface area (Å²) in [7, 11) is 0. The molecule has 1 amide bonds. The van der Waals surface area contributed by atoms with Gasteiger partial charge in [-0.15, -0.1) is 0 Å². The largest absolute Gasteiger partial charge is 0.451 e. The fraction of sp³-hybridized carbons (Fsp3) is 0.111. The fourth-order valence-electron chi connectivity index (χ4n) is 2.53. The Bertz CT molecular complexity index is 1060. The van der Waals surface area contributed by atoms with Crippen LogP contribution in [0.15, 0.2) is 46.9 Å². The van der Waals surface area contributed by atoms with Crippen LogP contribution in [0.1, 0.15) is 21.9 Å². The number of nitrogens with one attached hydrogen (secondary N) is 2. The molecule has 2 heterocycles. The van der Waals surface area contributed by atoms with Crippen LogP contribution in [-0.2, 0) is 0 Å². The van der Waals surface area contributed by atoms with E-state index in [1.54, 1.807) is 24.3 Å². The van der Waals surface area contributed by atoms with Crippen LogP contribution in [0.4, 0.5) is 11.6 Å². The standard InChI is InChI=1S/C18H15N5O4S/c1-10-9-11(2)20-17(19-10)22-18(28)21-16(24)15-8-7-14(27-15)12-5-3-4-6-13(12)23(25)26/h3-9H,1-2H3,(H2,19,20,21,22,24,28). The number of aromatic nitrogens is 2. The summed E-state index contributed by atoms with van der Waals surface area (Å²) in [5.74, 6) is -0.179. The van der Waals surface area contributed by atoms with Gasteiger partial charge in [0.1, 0.15) is 5.76 Å². The Labute approximate surface area is 165 Å². The second-order valence-electron chi connectivity index (χ2n) is 5.82. The maximum absolute atomic E-state index is 12.3. The number of nitro groups is 1. The van der Waals surface area contributed by atoms with Crippen LogP contribution < -0.4 is 10.6 Å². The monoisotopic (exact) mass is 397 g/mol. The summed E-state index contributed by atoms with van der Waals surface area (Å²) < 4.78 is 5.48. The first-order valence-electron chi connectivity index (χ1n) is 8.12. The molecule has 0 radical (unpaired) electrons. The lowest BCUT2D eigenvalue weighted by Crippen LogP contribution is -2.34. The molecule has 0 spiro atoms. The van der Waals surface area contributed by atoms with Gasteiger partial charge in [-0.05, 0) is 50.3 Å². The van der Waals surface area contributed by atoms with Gasteiger partial charge in [0.2, 0.25) is 5.95 Å². The van der Waals surface area contributed by atoms with Gasteiger partial charge in [-0.2, -0.15) is 0 Å². The van der Waals surface area contributed by atoms with Gasteiger partial charge < -0.3 is 9.73 Å². The van der Waals surface area contributed by atoms with Crippen molar-refractivity contribution in [2.24, 2.45) is 0 Å². The number of benzene rings is 1. The molecule has 0 unspecified atom stereocenters. The van der Waals surface area contributed by atoms with Gasteiger partial charge in [0.25, 0.3) is 11.6 Å². The van der Waals surface area contributed by atoms with Crippen LogP contribution in [0, 0.1) is 24.0 Å². The smallest absolute Gasteiger partial charge is 0.293 e. The van der Waals surface area contributed by atoms with Crippen molar-refractivity contribution in [3.8, 4) is 11.3 Å². The van der Waals surface area contributed by atoms with Crippen molar-refractivity contribution in [1.82, 2.24) is 15.3 Å². The molecule has 0 atom stereocenters. The van der Waals surface area contributed by atoms with E-state index >= 15 is 0 Å². The number of aryl methyl sites for hydroxylation is 2. The number of hydrogen-bond donors (Lipinski definition) is 2. The molecule has 0 saturated heterocycles. The number of carbonyl (C=O) groups is 1. The van der Waals surface area contributed by atoms with Crippen molar-refractivity contribution in [2.75, 3.05) is 5.32 Å². The molecule has 3 rings (SSSR count). The highest BCUT2D eigenvalue weighted by Crippen LogP contribution is 2.30. The van der Waals surface area contributed by atoms with Gasteiger partial charge >= 0.3 is 0 Å². The third kappa shape index (κ3) is 4.35. The van der Waals surface area contributed by atoms with Gasteiger partial charge in [-0.3, -0.25) is 20.2 Å². The Kier molecular flexibility index (Phi) is 5.41. The Balaban J connectivity index is 1.72. The van der Waals surface area contributed by atoms with Crippen molar-refractivity contribution in [1.29, 1.82) is 0 Å². The van der Waals surface area contributed by atoms with Gasteiger partial charge in [-0.1, -0.05) is 12.1 Å². The van der Waals surface area contributed by atoms with Crippen LogP contribution in [0.5, 0.6) is 0 Å². The van der Waals surface area contributed by atoms with E-state index in [-0.39, 0.29) is 33.8 Å². The molecule has 0 fully saturated rings. The number of rotatable bonds is 4. The number of furan rings is 1. The molecule has 2 N–H and O–H groups in total. The van der Waals surface area contributed by atoms with Crippen LogP contribution in [-0.4, -0.2) is 25.9 Å². The Hall–Kier alpha value is -3.66. The number of thiocarbonyl (C=S) groups is 1. The predicted molar refractivity (Wildman–Crippen MR) is 106 cm³/mol. The van der Waals surface area contributed by atoms with Crippen molar-refractivity contribution >= 4 is 34.9 Å². The number of amides is 1. The van der Waals surface area contributed by atoms with Crippen molar-refractivity contribution in [2.45, 2.75) is 13.8 Å². The molecule has 142 valence electrons. The van der Waals surface area contributed by atoms with Crippen molar-refractivity contribution in [3.05, 3.63) is 69.7 Å². The van der Waals surface area contributed by atoms with Gasteiger partial charge in [0.15, 0.2) is 10.9 Å². The topological polar surface area (TPSA) is 123 Å². The summed E-state index contributed by atoms with van der Waals surface area (Å²) in [6, 6.07) is 10.8. The molecule has 0 aliphatic rings. The molecule has 10 heteroatoms. The van der Waals surface area contributed by atoms with Gasteiger partial charge in [0.05, 0.1) is 10.5 Å². The van der Waals surface area contributed by atoms with E-state index in [4.69, 9.17) is 16.6 Å². The lowest BCUT2D eigenvalue weighted by molar-refractivity contribution is -0.384. The maximum atomic E-state index is 12.3. The molecule has 0 saturated carbocycles. The Morgan fingerprint density at radius 2 is 1.82 bits per heavy atom. The lowest BCUT2D eigenvalue weighted by atomic mass is 10.1. The zero-order valence-corrected chi connectivity index (χ0v) is 15.7. The van der Waals surface area contributed by atoms with E-state index in [1.165, 1.54) is 18.2 Å². The Morgan fingerprint density at radius 1 is 1.14 bits per heavy atom. The number of anilines is 1. The third-order valence-electron chi connectivity index (χ3n) is 3.63. The van der Waals surface area contributed by atoms with E-state index in [2.05, 4.69) is 20.6 Å². The minimum atomic E-state index is -0.605. The highest BCUT2D eigenvalue weighted by Gasteiger charge is 2.19. The van der Waals surface area contributed by atoms with E-state index < -0.39 is 10.8 Å². The molecule has 0 aliphatic heterocycles. The molecule has 9 nitrogen and oxygen atoms in total. The van der Waals surface area contributed by atoms with Crippen molar-refractivity contribution in [3.63, 3.8) is 0 Å². The first kappa shape index (κ1) is 19.1. The van der Waals surface area contributed by atoms with E-state index in [0.717, 1.165) is 11.4 Å².